The van der Waals surface area contributed by atoms with E-state index in [0.717, 1.165) is 0 Å². The maximum absolute atomic E-state index is 13.2. The monoisotopic (exact) mass is 473 g/mol. The molecule has 0 spiro atoms. The van der Waals surface area contributed by atoms with Crippen LogP contribution in [-0.2, 0) is 4.79 Å². The summed E-state index contributed by atoms with van der Waals surface area (Å²) in [5.74, 6) is -52.2. The molecule has 0 aromatic carbocycles. The van der Waals surface area contributed by atoms with Crippen molar-refractivity contribution in [1.29, 1.82) is 0 Å². The van der Waals surface area contributed by atoms with Crippen molar-refractivity contribution in [2.24, 2.45) is 0 Å². The first-order valence-electron chi connectivity index (χ1n) is 6.32. The van der Waals surface area contributed by atoms with Gasteiger partial charge in [-0.1, -0.05) is 0 Å². The lowest BCUT2D eigenvalue weighted by molar-refractivity contribution is -0.449. The smallest absolute Gasteiger partial charge is 0.367 e. The first-order valence-corrected chi connectivity index (χ1v) is 6.32. The molecule has 0 aromatic heterocycles. The van der Waals surface area contributed by atoms with Gasteiger partial charge in [0.2, 0.25) is 0 Å². The number of aliphatic hydroxyl groups excluding tert-OH is 1. The lowest BCUT2D eigenvalue weighted by Crippen LogP contribution is -2.74. The highest BCUT2D eigenvalue weighted by molar-refractivity contribution is 5.84. The van der Waals surface area contributed by atoms with Gasteiger partial charge in [-0.3, -0.25) is 4.79 Å². The molecule has 1 amide bonds. The van der Waals surface area contributed by atoms with Crippen LogP contribution in [0.1, 0.15) is 0 Å². The molecular weight excluding hydrogens is 467 g/mol. The molecule has 0 unspecified atom stereocenters. The van der Waals surface area contributed by atoms with E-state index in [9.17, 15) is 70.7 Å². The normalized spacial score (nSPS) is 15.7. The molecule has 19 heteroatoms. The Balaban J connectivity index is 6.39. The van der Waals surface area contributed by atoms with Crippen LogP contribution in [0.25, 0.3) is 0 Å². The first-order chi connectivity index (χ1) is 12.3. The Kier molecular flexibility index (Phi) is 6.82. The highest BCUT2D eigenvalue weighted by Crippen LogP contribution is 2.62. The van der Waals surface area contributed by atoms with E-state index in [4.69, 9.17) is 10.2 Å². The van der Waals surface area contributed by atoms with E-state index in [1.165, 1.54) is 0 Å². The number of aliphatic hydroxyl groups is 2. The molecule has 0 aliphatic rings. The third-order valence-corrected chi connectivity index (χ3v) is 3.06. The zero-order chi connectivity index (χ0) is 24.1. The fraction of sp³-hybridized carbons (Fsp3) is 0.900. The fourth-order valence-corrected chi connectivity index (χ4v) is 1.40. The number of alkyl halides is 15. The number of halogens is 15. The Hall–Kier alpha value is -1.66. The van der Waals surface area contributed by atoms with E-state index in [-0.39, 0.29) is 0 Å². The number of hydrogen-bond acceptors (Lipinski definition) is 3. The molecule has 0 heterocycles. The van der Waals surface area contributed by atoms with Gasteiger partial charge in [-0.05, 0) is 0 Å². The van der Waals surface area contributed by atoms with Gasteiger partial charge in [0.05, 0.1) is 6.54 Å². The van der Waals surface area contributed by atoms with E-state index in [0.29, 0.717) is 5.32 Å². The molecule has 0 rings (SSSR count). The highest BCUT2D eigenvalue weighted by Gasteiger charge is 2.94. The lowest BCUT2D eigenvalue weighted by atomic mass is 9.91. The Bertz CT molecular complexity index is 612. The molecule has 0 atom stereocenters. The predicted molar refractivity (Wildman–Crippen MR) is 57.0 cm³/mol. The summed E-state index contributed by atoms with van der Waals surface area (Å²) in [6, 6.07) is 0. The van der Waals surface area contributed by atoms with Gasteiger partial charge in [0.1, 0.15) is 0 Å². The van der Waals surface area contributed by atoms with E-state index >= 15 is 0 Å². The van der Waals surface area contributed by atoms with Crippen LogP contribution in [-0.4, -0.2) is 70.7 Å². The highest BCUT2D eigenvalue weighted by atomic mass is 19.4. The minimum atomic E-state index is -8.50. The van der Waals surface area contributed by atoms with Gasteiger partial charge in [-0.2, -0.15) is 65.9 Å². The minimum Gasteiger partial charge on any atom is -0.367 e. The molecule has 0 fully saturated rings. The zero-order valence-corrected chi connectivity index (χ0v) is 12.8. The quantitative estimate of drug-likeness (QED) is 0.376. The van der Waals surface area contributed by atoms with Gasteiger partial charge in [-0.15, -0.1) is 0 Å². The van der Waals surface area contributed by atoms with Crippen LogP contribution < -0.4 is 5.32 Å². The second-order valence-electron chi connectivity index (χ2n) is 5.13. The van der Waals surface area contributed by atoms with E-state index in [1.54, 1.807) is 0 Å². The van der Waals surface area contributed by atoms with Gasteiger partial charge in [-0.25, -0.2) is 0 Å². The molecule has 174 valence electrons. The second-order valence-corrected chi connectivity index (χ2v) is 5.13. The topological polar surface area (TPSA) is 69.6 Å². The molecule has 4 nitrogen and oxygen atoms in total. The number of rotatable bonds is 8. The second kappa shape index (κ2) is 7.24. The molecule has 0 aliphatic heterocycles. The standard InChI is InChI=1S/C10H6F15NO3/c11-4(12,3(29)26-1-2(27)28)5(13,14)6(15,16)7(17,18)8(19,20)9(21,22)10(23,24)25/h2,27-28H,1H2,(H,26,29). The van der Waals surface area contributed by atoms with Crippen LogP contribution >= 0.6 is 0 Å². The van der Waals surface area contributed by atoms with Gasteiger partial charge in [0.25, 0.3) is 5.91 Å². The largest absolute Gasteiger partial charge is 0.460 e. The first kappa shape index (κ1) is 27.3. The summed E-state index contributed by atoms with van der Waals surface area (Å²) in [6.07, 6.45) is -10.5. The maximum atomic E-state index is 13.2. The summed E-state index contributed by atoms with van der Waals surface area (Å²) < 4.78 is 192. The minimum absolute atomic E-state index is 0.382. The molecule has 0 bridgehead atoms. The SMILES string of the molecule is O=C(NCC(O)O)C(F)(F)C(F)(F)C(F)(F)C(F)(F)C(F)(F)C(F)(F)C(F)(F)F. The Morgan fingerprint density at radius 1 is 0.621 bits per heavy atom. The summed E-state index contributed by atoms with van der Waals surface area (Å²) in [6.45, 7) is -1.82. The number of carbonyl (C=O) groups excluding carboxylic acids is 1. The molecule has 0 aromatic rings. The third kappa shape index (κ3) is 3.89. The predicted octanol–water partition coefficient (Wildman–Crippen LogP) is 2.79. The van der Waals surface area contributed by atoms with Crippen molar-refractivity contribution in [2.45, 2.75) is 48.0 Å². The van der Waals surface area contributed by atoms with Crippen LogP contribution in [0, 0.1) is 0 Å². The van der Waals surface area contributed by atoms with Gasteiger partial charge >= 0.3 is 41.7 Å². The number of amides is 1. The van der Waals surface area contributed by atoms with Crippen LogP contribution in [0.3, 0.4) is 0 Å². The third-order valence-electron chi connectivity index (χ3n) is 3.06. The van der Waals surface area contributed by atoms with Crippen molar-refractivity contribution in [2.75, 3.05) is 6.54 Å². The average molecular weight is 473 g/mol. The summed E-state index contributed by atoms with van der Waals surface area (Å²) in [5, 5.41) is 16.7. The van der Waals surface area contributed by atoms with E-state index in [1.807, 2.05) is 0 Å². The van der Waals surface area contributed by atoms with Crippen LogP contribution in [0.4, 0.5) is 65.9 Å². The summed E-state index contributed by atoms with van der Waals surface area (Å²) in [4.78, 5) is 10.7. The number of hydrogen-bond donors (Lipinski definition) is 3. The van der Waals surface area contributed by atoms with E-state index < -0.39 is 60.5 Å². The van der Waals surface area contributed by atoms with Gasteiger partial charge in [0.15, 0.2) is 6.29 Å². The molecule has 0 saturated heterocycles. The van der Waals surface area contributed by atoms with Crippen molar-refractivity contribution in [3.8, 4) is 0 Å². The number of carbonyl (C=O) groups is 1. The average Bonchev–Trinajstić information content (AvgIpc) is 2.50. The maximum Gasteiger partial charge on any atom is 0.460 e. The number of nitrogens with one attached hydrogen (secondary N) is 1. The Morgan fingerprint density at radius 2 is 0.931 bits per heavy atom. The molecular formula is C10H6F15NO3. The molecule has 0 aliphatic carbocycles. The zero-order valence-electron chi connectivity index (χ0n) is 12.8. The van der Waals surface area contributed by atoms with Crippen LogP contribution in [0.5, 0.6) is 0 Å². The van der Waals surface area contributed by atoms with E-state index in [2.05, 4.69) is 0 Å². The summed E-state index contributed by atoms with van der Waals surface area (Å²) in [7, 11) is 0. The van der Waals surface area contributed by atoms with Crippen molar-refractivity contribution in [3.63, 3.8) is 0 Å². The van der Waals surface area contributed by atoms with Crippen LogP contribution in [0.15, 0.2) is 0 Å². The van der Waals surface area contributed by atoms with Gasteiger partial charge < -0.3 is 15.5 Å². The van der Waals surface area contributed by atoms with Crippen LogP contribution in [0.2, 0.25) is 0 Å². The lowest BCUT2D eigenvalue weighted by Gasteiger charge is -2.41. The van der Waals surface area contributed by atoms with Crippen molar-refractivity contribution in [1.82, 2.24) is 5.32 Å². The Labute approximate surface area is 148 Å². The summed E-state index contributed by atoms with van der Waals surface area (Å²) in [5.41, 5.74) is 0. The molecule has 29 heavy (non-hydrogen) atoms. The fourth-order valence-electron chi connectivity index (χ4n) is 1.40. The van der Waals surface area contributed by atoms with Crippen molar-refractivity contribution >= 4 is 5.91 Å². The van der Waals surface area contributed by atoms with Crippen molar-refractivity contribution in [3.05, 3.63) is 0 Å². The van der Waals surface area contributed by atoms with Crippen molar-refractivity contribution < 1.29 is 80.9 Å². The molecule has 3 N–H and O–H groups in total. The summed E-state index contributed by atoms with van der Waals surface area (Å²) >= 11 is 0. The Morgan fingerprint density at radius 3 is 1.24 bits per heavy atom. The molecule has 0 saturated carbocycles. The molecule has 0 radical (unpaired) electrons. The van der Waals surface area contributed by atoms with Gasteiger partial charge in [0, 0.05) is 0 Å².